The van der Waals surface area contributed by atoms with Gasteiger partial charge in [0.2, 0.25) is 0 Å². The van der Waals surface area contributed by atoms with Gasteiger partial charge in [0, 0.05) is 31.8 Å². The SMILES string of the molecule is Oc1ccccc1CN(Cc1cccc(OC(F)F)c1)CC1CCCO1. The number of hydrogen-bond acceptors (Lipinski definition) is 4. The average molecular weight is 363 g/mol. The Labute approximate surface area is 152 Å². The summed E-state index contributed by atoms with van der Waals surface area (Å²) in [6.07, 6.45) is 2.21. The Kier molecular flexibility index (Phi) is 6.41. The van der Waals surface area contributed by atoms with Gasteiger partial charge in [-0.25, -0.2) is 0 Å². The molecule has 0 aromatic heterocycles. The van der Waals surface area contributed by atoms with E-state index in [1.54, 1.807) is 24.3 Å². The molecule has 0 bridgehead atoms. The van der Waals surface area contributed by atoms with Gasteiger partial charge < -0.3 is 14.6 Å². The second-order valence-electron chi connectivity index (χ2n) is 6.46. The van der Waals surface area contributed by atoms with E-state index in [2.05, 4.69) is 9.64 Å². The summed E-state index contributed by atoms with van der Waals surface area (Å²) in [5.41, 5.74) is 1.70. The molecule has 1 aliphatic rings. The predicted octanol–water partition coefficient (Wildman–Crippen LogP) is 4.17. The van der Waals surface area contributed by atoms with Crippen molar-refractivity contribution in [3.63, 3.8) is 0 Å². The van der Waals surface area contributed by atoms with Gasteiger partial charge in [0.25, 0.3) is 0 Å². The van der Waals surface area contributed by atoms with Crippen LogP contribution >= 0.6 is 0 Å². The second kappa shape index (κ2) is 8.96. The Morgan fingerprint density at radius 2 is 2.00 bits per heavy atom. The molecule has 26 heavy (non-hydrogen) atoms. The average Bonchev–Trinajstić information content (AvgIpc) is 3.09. The van der Waals surface area contributed by atoms with E-state index in [9.17, 15) is 13.9 Å². The molecule has 2 aromatic rings. The molecule has 1 unspecified atom stereocenters. The van der Waals surface area contributed by atoms with Crippen LogP contribution in [-0.4, -0.2) is 35.9 Å². The lowest BCUT2D eigenvalue weighted by molar-refractivity contribution is -0.0499. The van der Waals surface area contributed by atoms with Gasteiger partial charge >= 0.3 is 6.61 Å². The van der Waals surface area contributed by atoms with Gasteiger partial charge in [-0.3, -0.25) is 4.90 Å². The molecule has 2 aromatic carbocycles. The fourth-order valence-corrected chi connectivity index (χ4v) is 3.22. The number of phenolic OH excluding ortho intramolecular Hbond substituents is 1. The normalized spacial score (nSPS) is 17.2. The molecule has 1 fully saturated rings. The standard InChI is InChI=1S/C20H23F2NO3/c21-20(22)26-17-7-3-5-15(11-17)12-23(14-18-8-4-10-25-18)13-16-6-1-2-9-19(16)24/h1-3,5-7,9,11,18,20,24H,4,8,10,12-14H2. The molecular formula is C20H23F2NO3. The molecule has 6 heteroatoms. The molecule has 1 atom stereocenters. The summed E-state index contributed by atoms with van der Waals surface area (Å²) in [6, 6.07) is 13.9. The third-order valence-corrected chi connectivity index (χ3v) is 4.40. The van der Waals surface area contributed by atoms with E-state index in [0.717, 1.165) is 30.6 Å². The van der Waals surface area contributed by atoms with Crippen molar-refractivity contribution in [3.8, 4) is 11.5 Å². The van der Waals surface area contributed by atoms with Crippen molar-refractivity contribution in [2.45, 2.75) is 38.6 Å². The lowest BCUT2D eigenvalue weighted by atomic mass is 10.1. The first-order chi connectivity index (χ1) is 12.6. The van der Waals surface area contributed by atoms with E-state index in [1.165, 1.54) is 6.07 Å². The zero-order valence-electron chi connectivity index (χ0n) is 14.5. The molecule has 0 radical (unpaired) electrons. The van der Waals surface area contributed by atoms with E-state index < -0.39 is 6.61 Å². The van der Waals surface area contributed by atoms with Gasteiger partial charge in [-0.05, 0) is 36.6 Å². The predicted molar refractivity (Wildman–Crippen MR) is 94.3 cm³/mol. The van der Waals surface area contributed by atoms with Gasteiger partial charge in [-0.2, -0.15) is 8.78 Å². The summed E-state index contributed by atoms with van der Waals surface area (Å²) in [6.45, 7) is -0.253. The largest absolute Gasteiger partial charge is 0.508 e. The van der Waals surface area contributed by atoms with Crippen molar-refractivity contribution < 1.29 is 23.4 Å². The quantitative estimate of drug-likeness (QED) is 0.764. The van der Waals surface area contributed by atoms with Crippen molar-refractivity contribution in [3.05, 3.63) is 59.7 Å². The van der Waals surface area contributed by atoms with Gasteiger partial charge in [-0.1, -0.05) is 30.3 Å². The fourth-order valence-electron chi connectivity index (χ4n) is 3.22. The van der Waals surface area contributed by atoms with Crippen LogP contribution in [0.2, 0.25) is 0 Å². The summed E-state index contributed by atoms with van der Waals surface area (Å²) >= 11 is 0. The zero-order chi connectivity index (χ0) is 18.4. The van der Waals surface area contributed by atoms with Crippen molar-refractivity contribution in [1.82, 2.24) is 4.90 Å². The number of ether oxygens (including phenoxy) is 2. The minimum atomic E-state index is -2.84. The summed E-state index contributed by atoms with van der Waals surface area (Å²) in [5, 5.41) is 10.1. The monoisotopic (exact) mass is 363 g/mol. The van der Waals surface area contributed by atoms with Crippen LogP contribution in [-0.2, 0) is 17.8 Å². The smallest absolute Gasteiger partial charge is 0.387 e. The Bertz CT molecular complexity index is 705. The van der Waals surface area contributed by atoms with Gasteiger partial charge in [0.1, 0.15) is 11.5 Å². The summed E-state index contributed by atoms with van der Waals surface area (Å²) in [5.74, 6) is 0.400. The Morgan fingerprint density at radius 3 is 2.73 bits per heavy atom. The van der Waals surface area contributed by atoms with Crippen LogP contribution in [0.1, 0.15) is 24.0 Å². The molecule has 4 nitrogen and oxygen atoms in total. The van der Waals surface area contributed by atoms with Crippen LogP contribution in [0.15, 0.2) is 48.5 Å². The maximum absolute atomic E-state index is 12.4. The highest BCUT2D eigenvalue weighted by Gasteiger charge is 2.20. The number of halogens is 2. The highest BCUT2D eigenvalue weighted by atomic mass is 19.3. The number of nitrogens with zero attached hydrogens (tertiary/aromatic N) is 1. The van der Waals surface area contributed by atoms with Crippen molar-refractivity contribution in [2.75, 3.05) is 13.2 Å². The van der Waals surface area contributed by atoms with E-state index in [1.807, 2.05) is 18.2 Å². The first-order valence-corrected chi connectivity index (χ1v) is 8.75. The van der Waals surface area contributed by atoms with Gasteiger partial charge in [0.15, 0.2) is 0 Å². The molecule has 0 amide bonds. The Balaban J connectivity index is 1.73. The Morgan fingerprint density at radius 1 is 1.15 bits per heavy atom. The maximum atomic E-state index is 12.4. The molecule has 1 heterocycles. The number of hydrogen-bond donors (Lipinski definition) is 1. The van der Waals surface area contributed by atoms with Crippen molar-refractivity contribution in [1.29, 1.82) is 0 Å². The minimum Gasteiger partial charge on any atom is -0.508 e. The van der Waals surface area contributed by atoms with Crippen LogP contribution in [0.4, 0.5) is 8.78 Å². The number of rotatable bonds is 8. The molecule has 1 N–H and O–H groups in total. The fraction of sp³-hybridized carbons (Fsp3) is 0.400. The molecule has 0 saturated carbocycles. The van der Waals surface area contributed by atoms with E-state index in [4.69, 9.17) is 4.74 Å². The van der Waals surface area contributed by atoms with Crippen LogP contribution in [0.25, 0.3) is 0 Å². The lowest BCUT2D eigenvalue weighted by Gasteiger charge is -2.26. The lowest BCUT2D eigenvalue weighted by Crippen LogP contribution is -2.31. The number of aromatic hydroxyl groups is 1. The van der Waals surface area contributed by atoms with Crippen molar-refractivity contribution >= 4 is 0 Å². The maximum Gasteiger partial charge on any atom is 0.387 e. The number of phenols is 1. The van der Waals surface area contributed by atoms with Crippen LogP contribution < -0.4 is 4.74 Å². The third kappa shape index (κ3) is 5.41. The molecule has 140 valence electrons. The van der Waals surface area contributed by atoms with E-state index in [0.29, 0.717) is 19.6 Å². The van der Waals surface area contributed by atoms with Gasteiger partial charge in [0.05, 0.1) is 6.10 Å². The zero-order valence-corrected chi connectivity index (χ0v) is 14.5. The number of alkyl halides is 2. The van der Waals surface area contributed by atoms with Gasteiger partial charge in [-0.15, -0.1) is 0 Å². The Hall–Kier alpha value is -2.18. The van der Waals surface area contributed by atoms with Crippen molar-refractivity contribution in [2.24, 2.45) is 0 Å². The topological polar surface area (TPSA) is 41.9 Å². The summed E-state index contributed by atoms with van der Waals surface area (Å²) in [7, 11) is 0. The highest BCUT2D eigenvalue weighted by molar-refractivity contribution is 5.32. The number of para-hydroxylation sites is 1. The van der Waals surface area contributed by atoms with Crippen LogP contribution in [0.5, 0.6) is 11.5 Å². The molecular weight excluding hydrogens is 340 g/mol. The molecule has 0 aliphatic carbocycles. The summed E-state index contributed by atoms with van der Waals surface area (Å²) < 4.78 is 35.1. The summed E-state index contributed by atoms with van der Waals surface area (Å²) in [4.78, 5) is 2.16. The highest BCUT2D eigenvalue weighted by Crippen LogP contribution is 2.23. The van der Waals surface area contributed by atoms with E-state index >= 15 is 0 Å². The first-order valence-electron chi connectivity index (χ1n) is 8.75. The molecule has 1 aliphatic heterocycles. The molecule has 3 rings (SSSR count). The first kappa shape index (κ1) is 18.6. The molecule has 0 spiro atoms. The third-order valence-electron chi connectivity index (χ3n) is 4.40. The van der Waals surface area contributed by atoms with Crippen LogP contribution in [0.3, 0.4) is 0 Å². The second-order valence-corrected chi connectivity index (χ2v) is 6.46. The van der Waals surface area contributed by atoms with E-state index in [-0.39, 0.29) is 17.6 Å². The minimum absolute atomic E-state index is 0.150. The van der Waals surface area contributed by atoms with Crippen LogP contribution in [0, 0.1) is 0 Å². The molecule has 1 saturated heterocycles. The number of benzene rings is 2.